The Morgan fingerprint density at radius 2 is 1.57 bits per heavy atom. The number of rotatable bonds is 3. The summed E-state index contributed by atoms with van der Waals surface area (Å²) in [6.07, 6.45) is 0.267. The van der Waals surface area contributed by atoms with Crippen LogP contribution >= 0.6 is 15.9 Å². The Hall–Kier alpha value is -0.370. The highest BCUT2D eigenvalue weighted by atomic mass is 79.9. The summed E-state index contributed by atoms with van der Waals surface area (Å²) < 4.78 is 33.0. The smallest absolute Gasteiger partial charge is 0.405 e. The van der Waals surface area contributed by atoms with E-state index in [-0.39, 0.29) is 12.2 Å². The van der Waals surface area contributed by atoms with Gasteiger partial charge >= 0.3 is 14.0 Å². The van der Waals surface area contributed by atoms with Gasteiger partial charge in [0.05, 0.1) is 29.0 Å². The van der Waals surface area contributed by atoms with Crippen LogP contribution in [0.25, 0.3) is 0 Å². The molecule has 3 aliphatic rings. The van der Waals surface area contributed by atoms with Gasteiger partial charge in [-0.05, 0) is 60.1 Å². The molecule has 8 heteroatoms. The van der Waals surface area contributed by atoms with Crippen molar-refractivity contribution in [1.29, 1.82) is 0 Å². The second kappa shape index (κ2) is 6.56. The maximum Gasteiger partial charge on any atom is 0.489 e. The zero-order chi connectivity index (χ0) is 20.5. The summed E-state index contributed by atoms with van der Waals surface area (Å²) in [5, 5.41) is 0. The third-order valence-corrected chi connectivity index (χ3v) is 7.87. The molecule has 3 heterocycles. The van der Waals surface area contributed by atoms with E-state index in [0.29, 0.717) is 6.42 Å². The van der Waals surface area contributed by atoms with Gasteiger partial charge in [-0.3, -0.25) is 0 Å². The first-order valence-electron chi connectivity index (χ1n) is 10.00. The van der Waals surface area contributed by atoms with Gasteiger partial charge in [-0.25, -0.2) is 0 Å². The molecular weight excluding hydrogens is 422 g/mol. The van der Waals surface area contributed by atoms with Gasteiger partial charge in [0.25, 0.3) is 0 Å². The largest absolute Gasteiger partial charge is 0.489 e. The molecule has 0 radical (unpaired) electrons. The van der Waals surface area contributed by atoms with Crippen molar-refractivity contribution in [3.8, 4) is 0 Å². The summed E-state index contributed by atoms with van der Waals surface area (Å²) >= 11 is 3.65. The fourth-order valence-corrected chi connectivity index (χ4v) is 5.09. The zero-order valence-corrected chi connectivity index (χ0v) is 19.3. The van der Waals surface area contributed by atoms with E-state index < -0.39 is 36.4 Å². The second-order valence-corrected chi connectivity index (χ2v) is 10.4. The molecule has 152 valence electrons. The molecule has 4 rings (SSSR count). The van der Waals surface area contributed by atoms with Crippen LogP contribution in [0.4, 0.5) is 0 Å². The van der Waals surface area contributed by atoms with Gasteiger partial charge in [-0.2, -0.15) is 0 Å². The van der Waals surface area contributed by atoms with E-state index in [1.807, 2.05) is 18.2 Å². The number of hydrogen-bond donors (Lipinski definition) is 0. The van der Waals surface area contributed by atoms with Crippen molar-refractivity contribution in [3.05, 3.63) is 34.3 Å². The molecule has 1 aromatic carbocycles. The highest BCUT2D eigenvalue weighted by Crippen LogP contribution is 2.52. The molecule has 1 aromatic rings. The molecule has 4 unspecified atom stereocenters. The average molecular weight is 451 g/mol. The fraction of sp³-hybridized carbons (Fsp3) is 0.700. The summed E-state index contributed by atoms with van der Waals surface area (Å²) in [5.74, 6) is 0. The number of halogens is 1. The highest BCUT2D eigenvalue weighted by molar-refractivity contribution is 9.10. The Bertz CT molecular complexity index is 775. The van der Waals surface area contributed by atoms with Gasteiger partial charge in [0.1, 0.15) is 5.60 Å². The van der Waals surface area contributed by atoms with Gasteiger partial charge in [0.2, 0.25) is 0 Å². The van der Waals surface area contributed by atoms with Crippen LogP contribution in [0.15, 0.2) is 28.7 Å². The molecule has 0 aliphatic carbocycles. The minimum atomic E-state index is -0.639. The minimum absolute atomic E-state index is 0.125. The lowest BCUT2D eigenvalue weighted by molar-refractivity contribution is -0.172. The quantitative estimate of drug-likeness (QED) is 0.633. The van der Waals surface area contributed by atoms with Crippen LogP contribution in [0.3, 0.4) is 0 Å². The minimum Gasteiger partial charge on any atom is -0.405 e. The first-order valence-corrected chi connectivity index (χ1v) is 10.8. The second-order valence-electron chi connectivity index (χ2n) is 9.56. The monoisotopic (exact) mass is 450 g/mol. The van der Waals surface area contributed by atoms with Gasteiger partial charge in [0, 0.05) is 10.9 Å². The third-order valence-electron chi connectivity index (χ3n) is 7.15. The first kappa shape index (κ1) is 20.9. The van der Waals surface area contributed by atoms with E-state index >= 15 is 0 Å². The molecule has 3 aliphatic heterocycles. The average Bonchev–Trinajstić information content (AvgIpc) is 2.98. The number of fused-ring (bicyclic) bond motifs is 5. The summed E-state index contributed by atoms with van der Waals surface area (Å²) in [5.41, 5.74) is -1.07. The van der Waals surface area contributed by atoms with Gasteiger partial charge < -0.3 is 23.4 Å². The summed E-state index contributed by atoms with van der Waals surface area (Å²) in [4.78, 5) is 0. The Kier molecular flexibility index (Phi) is 4.89. The first-order chi connectivity index (χ1) is 12.9. The Balaban J connectivity index is 1.72. The molecule has 0 saturated carbocycles. The summed E-state index contributed by atoms with van der Waals surface area (Å²) in [6, 6.07) is 8.15. The highest BCUT2D eigenvalue weighted by Gasteiger charge is 2.71. The van der Waals surface area contributed by atoms with E-state index in [0.717, 1.165) is 10.0 Å². The standard InChI is InChI=1S/C20H29B2BrO5/c1-13(14-10-8-9-11-15(14)23)24-16-12-19(6)17(2,3)25-21(27-19)22-26-18(4,5)20(16,7)28-22/h8-11,13,16H,12H2,1-7H3. The molecule has 28 heavy (non-hydrogen) atoms. The fourth-order valence-electron chi connectivity index (χ4n) is 4.48. The van der Waals surface area contributed by atoms with Crippen LogP contribution in [-0.4, -0.2) is 42.5 Å². The van der Waals surface area contributed by atoms with Crippen LogP contribution in [0.5, 0.6) is 0 Å². The lowest BCUT2D eigenvalue weighted by atomic mass is 9.49. The van der Waals surface area contributed by atoms with Crippen molar-refractivity contribution in [2.75, 3.05) is 0 Å². The number of ether oxygens (including phenoxy) is 1. The van der Waals surface area contributed by atoms with E-state index in [4.69, 9.17) is 23.4 Å². The summed E-state index contributed by atoms with van der Waals surface area (Å²) in [6.45, 7) is 14.5. The molecule has 3 fully saturated rings. The predicted molar refractivity (Wildman–Crippen MR) is 113 cm³/mol. The molecule has 5 nitrogen and oxygen atoms in total. The van der Waals surface area contributed by atoms with Crippen molar-refractivity contribution in [2.24, 2.45) is 0 Å². The molecule has 0 N–H and O–H groups in total. The maximum atomic E-state index is 6.70. The van der Waals surface area contributed by atoms with E-state index in [1.165, 1.54) is 0 Å². The molecule has 0 amide bonds. The Labute approximate surface area is 177 Å². The van der Waals surface area contributed by atoms with Crippen molar-refractivity contribution >= 4 is 29.9 Å². The van der Waals surface area contributed by atoms with Gasteiger partial charge in [0.15, 0.2) is 0 Å². The van der Waals surface area contributed by atoms with Crippen LogP contribution in [0.2, 0.25) is 0 Å². The SMILES string of the molecule is CC(OC1CC2(C)OB(OC2(C)C)B2OC(C)(C)C1(C)O2)c1ccccc1Br. The lowest BCUT2D eigenvalue weighted by Crippen LogP contribution is -2.59. The molecule has 0 aromatic heterocycles. The Morgan fingerprint density at radius 3 is 2.25 bits per heavy atom. The topological polar surface area (TPSA) is 46.2 Å². The molecular formula is C20H29B2BrO5. The molecule has 0 spiro atoms. The maximum absolute atomic E-state index is 6.70. The van der Waals surface area contributed by atoms with Gasteiger partial charge in [-0.1, -0.05) is 34.1 Å². The van der Waals surface area contributed by atoms with E-state index in [9.17, 15) is 0 Å². The molecule has 4 atom stereocenters. The van der Waals surface area contributed by atoms with E-state index in [1.54, 1.807) is 0 Å². The van der Waals surface area contributed by atoms with Gasteiger partial charge in [-0.15, -0.1) is 0 Å². The van der Waals surface area contributed by atoms with Crippen LogP contribution in [-0.2, 0) is 23.4 Å². The summed E-state index contributed by atoms with van der Waals surface area (Å²) in [7, 11) is -1.12. The normalized spacial score (nSPS) is 36.9. The Morgan fingerprint density at radius 1 is 0.964 bits per heavy atom. The lowest BCUT2D eigenvalue weighted by Gasteiger charge is -2.48. The van der Waals surface area contributed by atoms with Crippen molar-refractivity contribution < 1.29 is 23.4 Å². The zero-order valence-electron chi connectivity index (χ0n) is 17.7. The van der Waals surface area contributed by atoms with Crippen LogP contribution in [0.1, 0.15) is 66.6 Å². The van der Waals surface area contributed by atoms with E-state index in [2.05, 4.69) is 70.5 Å². The van der Waals surface area contributed by atoms with Crippen LogP contribution in [0, 0.1) is 0 Å². The predicted octanol–water partition coefficient (Wildman–Crippen LogP) is 4.52. The third kappa shape index (κ3) is 3.03. The van der Waals surface area contributed by atoms with Crippen LogP contribution < -0.4 is 0 Å². The number of hydrogen-bond acceptors (Lipinski definition) is 5. The van der Waals surface area contributed by atoms with Crippen molar-refractivity contribution in [2.45, 2.75) is 89.5 Å². The molecule has 3 saturated heterocycles. The van der Waals surface area contributed by atoms with Crippen molar-refractivity contribution in [3.63, 3.8) is 0 Å². The van der Waals surface area contributed by atoms with Crippen molar-refractivity contribution in [1.82, 2.24) is 0 Å². The number of benzene rings is 1. The molecule has 4 bridgehead atoms.